The predicted octanol–water partition coefficient (Wildman–Crippen LogP) is 4.21. The van der Waals surface area contributed by atoms with E-state index in [4.69, 9.17) is 0 Å². The summed E-state index contributed by atoms with van der Waals surface area (Å²) >= 11 is 3.61. The highest BCUT2D eigenvalue weighted by Gasteiger charge is 2.38. The van der Waals surface area contributed by atoms with Gasteiger partial charge in [-0.05, 0) is 35.7 Å². The molecule has 0 amide bonds. The van der Waals surface area contributed by atoms with Crippen LogP contribution in [0.5, 0.6) is 0 Å². The first kappa shape index (κ1) is 14.4. The van der Waals surface area contributed by atoms with Crippen LogP contribution in [0.1, 0.15) is 29.7 Å². The molecule has 0 aromatic heterocycles. The minimum absolute atomic E-state index is 0.551. The van der Waals surface area contributed by atoms with Crippen molar-refractivity contribution in [2.45, 2.75) is 32.1 Å². The number of piperazine rings is 1. The quantitative estimate of drug-likeness (QED) is 0.795. The van der Waals surface area contributed by atoms with E-state index < -0.39 is 0 Å². The molecule has 2 aromatic rings. The number of rotatable bonds is 2. The highest BCUT2D eigenvalue weighted by Crippen LogP contribution is 2.39. The second-order valence-corrected chi connectivity index (χ2v) is 7.48. The molecular formula is C19H21BrN2. The van der Waals surface area contributed by atoms with Gasteiger partial charge in [-0.15, -0.1) is 0 Å². The third-order valence-corrected chi connectivity index (χ3v) is 5.48. The molecule has 2 nitrogen and oxygen atoms in total. The Morgan fingerprint density at radius 2 is 1.91 bits per heavy atom. The van der Waals surface area contributed by atoms with E-state index in [9.17, 15) is 0 Å². The zero-order valence-electron chi connectivity index (χ0n) is 12.9. The Kier molecular flexibility index (Phi) is 3.81. The van der Waals surface area contributed by atoms with Gasteiger partial charge in [0, 0.05) is 42.7 Å². The largest absolute Gasteiger partial charge is 0.296 e. The normalized spacial score (nSPS) is 25.0. The van der Waals surface area contributed by atoms with Crippen molar-refractivity contribution in [3.8, 4) is 0 Å². The van der Waals surface area contributed by atoms with Gasteiger partial charge in [0.2, 0.25) is 0 Å². The van der Waals surface area contributed by atoms with Crippen LogP contribution in [-0.4, -0.2) is 28.9 Å². The van der Waals surface area contributed by atoms with Gasteiger partial charge in [0.25, 0.3) is 0 Å². The molecule has 4 rings (SSSR count). The molecule has 0 saturated carbocycles. The van der Waals surface area contributed by atoms with Crippen LogP contribution >= 0.6 is 15.9 Å². The molecular weight excluding hydrogens is 336 g/mol. The topological polar surface area (TPSA) is 6.48 Å². The van der Waals surface area contributed by atoms with Gasteiger partial charge in [0.05, 0.1) is 0 Å². The minimum atomic E-state index is 0.551. The van der Waals surface area contributed by atoms with E-state index in [-0.39, 0.29) is 0 Å². The molecule has 0 unspecified atom stereocenters. The number of fused-ring (bicyclic) bond motifs is 3. The van der Waals surface area contributed by atoms with Crippen molar-refractivity contribution in [3.63, 3.8) is 0 Å². The van der Waals surface area contributed by atoms with Gasteiger partial charge in [0.15, 0.2) is 0 Å². The number of nitrogens with zero attached hydrogens (tertiary/aromatic N) is 2. The molecule has 0 aliphatic carbocycles. The highest BCUT2D eigenvalue weighted by atomic mass is 79.9. The maximum absolute atomic E-state index is 3.61. The summed E-state index contributed by atoms with van der Waals surface area (Å²) in [7, 11) is 0. The number of hydrogen-bond donors (Lipinski definition) is 0. The third-order valence-electron chi connectivity index (χ3n) is 4.99. The molecule has 2 aromatic carbocycles. The van der Waals surface area contributed by atoms with Crippen LogP contribution in [0.25, 0.3) is 0 Å². The van der Waals surface area contributed by atoms with Crippen molar-refractivity contribution in [2.24, 2.45) is 0 Å². The lowest BCUT2D eigenvalue weighted by Gasteiger charge is -2.42. The van der Waals surface area contributed by atoms with Crippen LogP contribution in [0.3, 0.4) is 0 Å². The number of benzene rings is 2. The molecule has 114 valence electrons. The average Bonchev–Trinajstić information content (AvgIpc) is 2.86. The lowest BCUT2D eigenvalue weighted by atomic mass is 10.0. The molecule has 2 aliphatic heterocycles. The highest BCUT2D eigenvalue weighted by molar-refractivity contribution is 9.10. The monoisotopic (exact) mass is 356 g/mol. The first-order chi connectivity index (χ1) is 10.7. The summed E-state index contributed by atoms with van der Waals surface area (Å²) in [6.45, 7) is 6.81. The summed E-state index contributed by atoms with van der Waals surface area (Å²) in [6, 6.07) is 18.8. The molecule has 0 spiro atoms. The van der Waals surface area contributed by atoms with Crippen LogP contribution in [0.2, 0.25) is 0 Å². The zero-order chi connectivity index (χ0) is 15.1. The smallest absolute Gasteiger partial charge is 0.0485 e. The molecule has 3 heteroatoms. The standard InChI is InChI=1S/C19H21BrN2/c1-14-10-21(11-15-5-3-2-4-6-15)13-19-18-8-7-17(20)9-16(18)12-22(14)19/h2-9,14,19H,10-13H2,1H3/t14-,19-/m1/s1. The Morgan fingerprint density at radius 3 is 2.73 bits per heavy atom. The summed E-state index contributed by atoms with van der Waals surface area (Å²) < 4.78 is 1.19. The van der Waals surface area contributed by atoms with Gasteiger partial charge in [-0.25, -0.2) is 0 Å². The first-order valence-electron chi connectivity index (χ1n) is 8.01. The first-order valence-corrected chi connectivity index (χ1v) is 8.80. The molecule has 0 bridgehead atoms. The average molecular weight is 357 g/mol. The summed E-state index contributed by atoms with van der Waals surface area (Å²) in [4.78, 5) is 5.27. The molecule has 2 aliphatic rings. The van der Waals surface area contributed by atoms with Gasteiger partial charge < -0.3 is 0 Å². The SMILES string of the molecule is C[C@@H]1CN(Cc2ccccc2)C[C@@H]2c3ccc(Br)cc3CN12. The van der Waals surface area contributed by atoms with Gasteiger partial charge in [-0.2, -0.15) is 0 Å². The summed E-state index contributed by atoms with van der Waals surface area (Å²) in [5.41, 5.74) is 4.43. The van der Waals surface area contributed by atoms with E-state index in [1.54, 1.807) is 0 Å². The summed E-state index contributed by atoms with van der Waals surface area (Å²) in [5, 5.41) is 0. The Balaban J connectivity index is 1.57. The van der Waals surface area contributed by atoms with Crippen molar-refractivity contribution in [1.82, 2.24) is 9.80 Å². The van der Waals surface area contributed by atoms with E-state index in [1.165, 1.54) is 21.2 Å². The van der Waals surface area contributed by atoms with Crippen molar-refractivity contribution < 1.29 is 0 Å². The maximum atomic E-state index is 3.61. The van der Waals surface area contributed by atoms with Crippen LogP contribution < -0.4 is 0 Å². The lowest BCUT2D eigenvalue weighted by molar-refractivity contribution is 0.0339. The minimum Gasteiger partial charge on any atom is -0.296 e. The lowest BCUT2D eigenvalue weighted by Crippen LogP contribution is -2.50. The fraction of sp³-hybridized carbons (Fsp3) is 0.368. The molecule has 22 heavy (non-hydrogen) atoms. The molecule has 2 atom stereocenters. The van der Waals surface area contributed by atoms with Crippen LogP contribution in [0, 0.1) is 0 Å². The molecule has 1 saturated heterocycles. The third kappa shape index (κ3) is 2.62. The second kappa shape index (κ2) is 5.80. The van der Waals surface area contributed by atoms with E-state index in [1.807, 2.05) is 0 Å². The molecule has 1 fully saturated rings. The van der Waals surface area contributed by atoms with Gasteiger partial charge in [-0.1, -0.05) is 52.3 Å². The van der Waals surface area contributed by atoms with Crippen LogP contribution in [-0.2, 0) is 13.1 Å². The Morgan fingerprint density at radius 1 is 1.09 bits per heavy atom. The van der Waals surface area contributed by atoms with Crippen molar-refractivity contribution in [2.75, 3.05) is 13.1 Å². The van der Waals surface area contributed by atoms with Crippen molar-refractivity contribution in [3.05, 3.63) is 69.7 Å². The Hall–Kier alpha value is -1.16. The van der Waals surface area contributed by atoms with Gasteiger partial charge >= 0.3 is 0 Å². The van der Waals surface area contributed by atoms with E-state index in [0.29, 0.717) is 12.1 Å². The van der Waals surface area contributed by atoms with E-state index in [0.717, 1.165) is 26.2 Å². The summed E-state index contributed by atoms with van der Waals surface area (Å²) in [5.74, 6) is 0. The van der Waals surface area contributed by atoms with Gasteiger partial charge in [0.1, 0.15) is 0 Å². The second-order valence-electron chi connectivity index (χ2n) is 6.56. The van der Waals surface area contributed by atoms with Crippen molar-refractivity contribution >= 4 is 15.9 Å². The number of halogens is 1. The van der Waals surface area contributed by atoms with E-state index >= 15 is 0 Å². The fourth-order valence-corrected chi connectivity index (χ4v) is 4.36. The van der Waals surface area contributed by atoms with Crippen LogP contribution in [0.4, 0.5) is 0 Å². The molecule has 2 heterocycles. The van der Waals surface area contributed by atoms with Gasteiger partial charge in [-0.3, -0.25) is 9.80 Å². The summed E-state index contributed by atoms with van der Waals surface area (Å²) in [6.07, 6.45) is 0. The van der Waals surface area contributed by atoms with Crippen molar-refractivity contribution in [1.29, 1.82) is 0 Å². The zero-order valence-corrected chi connectivity index (χ0v) is 14.5. The fourth-order valence-electron chi connectivity index (χ4n) is 3.96. The van der Waals surface area contributed by atoms with E-state index in [2.05, 4.69) is 81.2 Å². The maximum Gasteiger partial charge on any atom is 0.0485 e. The predicted molar refractivity (Wildman–Crippen MR) is 93.6 cm³/mol. The molecule has 0 N–H and O–H groups in total. The Labute approximate surface area is 140 Å². The van der Waals surface area contributed by atoms with Crippen LogP contribution in [0.15, 0.2) is 53.0 Å². The molecule has 0 radical (unpaired) electrons. The Bertz CT molecular complexity index is 670. The number of hydrogen-bond acceptors (Lipinski definition) is 2.